The zero-order chi connectivity index (χ0) is 18.5. The largest absolute Gasteiger partial charge is 0.448 e. The van der Waals surface area contributed by atoms with Crippen LogP contribution in [0.2, 0.25) is 0 Å². The van der Waals surface area contributed by atoms with Gasteiger partial charge in [-0.2, -0.15) is 9.13 Å². The Morgan fingerprint density at radius 2 is 1.56 bits per heavy atom. The van der Waals surface area contributed by atoms with Gasteiger partial charge in [0, 0.05) is 25.2 Å². The van der Waals surface area contributed by atoms with Crippen LogP contribution >= 0.6 is 0 Å². The number of para-hydroxylation sites is 4. The molecule has 0 aliphatic carbocycles. The number of oxazole rings is 1. The third-order valence-electron chi connectivity index (χ3n) is 5.20. The molecule has 0 saturated heterocycles. The minimum Gasteiger partial charge on any atom is -0.393 e. The molecule has 3 heterocycles. The molecule has 5 nitrogen and oxygen atoms in total. The number of hydrogen-bond acceptors (Lipinski definition) is 2. The van der Waals surface area contributed by atoms with E-state index in [-0.39, 0.29) is 0 Å². The van der Waals surface area contributed by atoms with E-state index in [2.05, 4.69) is 58.1 Å². The topological polar surface area (TPSA) is 38.7 Å². The molecular weight excluding hydrogens is 336 g/mol. The molecule has 0 spiro atoms. The number of imidazole rings is 1. The Kier molecular flexibility index (Phi) is 3.37. The van der Waals surface area contributed by atoms with Gasteiger partial charge in [-0.15, -0.1) is 0 Å². The number of aryl methyl sites for hydroxylation is 2. The lowest BCUT2D eigenvalue weighted by atomic mass is 10.2. The van der Waals surface area contributed by atoms with E-state index in [1.54, 1.807) is 0 Å². The van der Waals surface area contributed by atoms with E-state index < -0.39 is 0 Å². The van der Waals surface area contributed by atoms with E-state index >= 15 is 0 Å². The summed E-state index contributed by atoms with van der Waals surface area (Å²) in [5, 5.41) is 0. The van der Waals surface area contributed by atoms with Crippen LogP contribution in [0.1, 0.15) is 0 Å². The molecule has 27 heavy (non-hydrogen) atoms. The molecule has 5 heteroatoms. The molecule has 0 unspecified atom stereocenters. The molecule has 2 aromatic carbocycles. The minimum absolute atomic E-state index is 0.819. The molecule has 0 aliphatic heterocycles. The first-order valence-electron chi connectivity index (χ1n) is 8.94. The number of fused-ring (bicyclic) bond motifs is 2. The monoisotopic (exact) mass is 356 g/mol. The fraction of sp³-hybridized carbons (Fsp3) is 0.136. The van der Waals surface area contributed by atoms with Crippen molar-refractivity contribution in [1.82, 2.24) is 9.55 Å². The predicted molar refractivity (Wildman–Crippen MR) is 104 cm³/mol. The van der Waals surface area contributed by atoms with Crippen LogP contribution in [0.25, 0.3) is 45.2 Å². The Labute approximate surface area is 156 Å². The van der Waals surface area contributed by atoms with Crippen LogP contribution in [0, 0.1) is 0 Å². The van der Waals surface area contributed by atoms with Crippen molar-refractivity contribution < 1.29 is 13.6 Å². The summed E-state index contributed by atoms with van der Waals surface area (Å²) in [6, 6.07) is 22.5. The zero-order valence-corrected chi connectivity index (χ0v) is 15.5. The van der Waals surface area contributed by atoms with Gasteiger partial charge in [-0.25, -0.2) is 4.98 Å². The second-order valence-corrected chi connectivity index (χ2v) is 6.77. The second-order valence-electron chi connectivity index (χ2n) is 6.77. The average Bonchev–Trinajstić information content (AvgIpc) is 3.20. The fourth-order valence-corrected chi connectivity index (χ4v) is 3.72. The Morgan fingerprint density at radius 1 is 0.815 bits per heavy atom. The smallest absolute Gasteiger partial charge is 0.393 e. The predicted octanol–water partition coefficient (Wildman–Crippen LogP) is 3.30. The highest BCUT2D eigenvalue weighted by molar-refractivity contribution is 5.79. The summed E-state index contributed by atoms with van der Waals surface area (Å²) < 4.78 is 12.5. The maximum absolute atomic E-state index is 6.16. The molecular formula is C22H20N4O+2. The molecule has 0 aliphatic rings. The lowest BCUT2D eigenvalue weighted by Crippen LogP contribution is -2.39. The van der Waals surface area contributed by atoms with Gasteiger partial charge in [-0.05, 0) is 24.3 Å². The van der Waals surface area contributed by atoms with Crippen molar-refractivity contribution in [3.63, 3.8) is 0 Å². The average molecular weight is 356 g/mol. The SMILES string of the molecule is Cn1c(-c2cccc(-c3oc4ccccc4[n+]3C)[n+]2C)nc2ccccc21. The van der Waals surface area contributed by atoms with E-state index in [1.807, 2.05) is 43.4 Å². The summed E-state index contributed by atoms with van der Waals surface area (Å²) in [5.41, 5.74) is 6.09. The van der Waals surface area contributed by atoms with Gasteiger partial charge in [0.25, 0.3) is 5.52 Å². The quantitative estimate of drug-likeness (QED) is 0.455. The fourth-order valence-electron chi connectivity index (χ4n) is 3.72. The first kappa shape index (κ1) is 15.8. The number of nitrogens with zero attached hydrogens (tertiary/aromatic N) is 4. The highest BCUT2D eigenvalue weighted by Crippen LogP contribution is 2.24. The summed E-state index contributed by atoms with van der Waals surface area (Å²) in [7, 11) is 6.14. The lowest BCUT2D eigenvalue weighted by Gasteiger charge is -2.02. The van der Waals surface area contributed by atoms with Crippen LogP contribution in [0.4, 0.5) is 0 Å². The third-order valence-corrected chi connectivity index (χ3v) is 5.20. The van der Waals surface area contributed by atoms with Crippen LogP contribution in [-0.4, -0.2) is 9.55 Å². The molecule has 0 N–H and O–H groups in total. The van der Waals surface area contributed by atoms with Gasteiger partial charge in [0.15, 0.2) is 0 Å². The van der Waals surface area contributed by atoms with Crippen molar-refractivity contribution in [2.45, 2.75) is 0 Å². The minimum atomic E-state index is 0.819. The Bertz CT molecular complexity index is 1210. The Morgan fingerprint density at radius 3 is 2.37 bits per heavy atom. The number of aromatic nitrogens is 4. The first-order valence-corrected chi connectivity index (χ1v) is 8.94. The van der Waals surface area contributed by atoms with Crippen molar-refractivity contribution in [3.05, 3.63) is 66.7 Å². The van der Waals surface area contributed by atoms with Gasteiger partial charge >= 0.3 is 11.6 Å². The number of benzene rings is 2. The standard InChI is InChI=1S/C22H20N4O/c1-24-18(21-23-15-9-4-5-10-16(15)25(21)2)12-8-13-19(24)22-26(3)17-11-6-7-14-20(17)27-22/h4-14H,1-3H3/q+2. The molecule has 132 valence electrons. The molecule has 0 bridgehead atoms. The molecule has 0 amide bonds. The summed E-state index contributed by atoms with van der Waals surface area (Å²) in [6.45, 7) is 0. The molecule has 3 aromatic heterocycles. The van der Waals surface area contributed by atoms with E-state index in [0.717, 1.165) is 45.2 Å². The zero-order valence-electron chi connectivity index (χ0n) is 15.5. The van der Waals surface area contributed by atoms with Crippen molar-refractivity contribution in [3.8, 4) is 23.1 Å². The van der Waals surface area contributed by atoms with Crippen LogP contribution < -0.4 is 9.13 Å². The van der Waals surface area contributed by atoms with E-state index in [0.29, 0.717) is 0 Å². The van der Waals surface area contributed by atoms with Gasteiger partial charge in [0.1, 0.15) is 14.1 Å². The maximum atomic E-state index is 6.16. The molecule has 5 rings (SSSR count). The van der Waals surface area contributed by atoms with E-state index in [4.69, 9.17) is 9.40 Å². The van der Waals surface area contributed by atoms with E-state index in [9.17, 15) is 0 Å². The summed E-state index contributed by atoms with van der Waals surface area (Å²) in [5.74, 6) is 1.75. The third kappa shape index (κ3) is 2.28. The van der Waals surface area contributed by atoms with Crippen LogP contribution in [0.3, 0.4) is 0 Å². The second kappa shape index (κ2) is 5.77. The molecule has 0 atom stereocenters. The van der Waals surface area contributed by atoms with Gasteiger partial charge < -0.3 is 8.98 Å². The highest BCUT2D eigenvalue weighted by Gasteiger charge is 2.30. The molecule has 0 saturated carbocycles. The molecule has 0 radical (unpaired) electrons. The van der Waals surface area contributed by atoms with Crippen molar-refractivity contribution in [1.29, 1.82) is 0 Å². The first-order chi connectivity index (χ1) is 13.1. The van der Waals surface area contributed by atoms with Gasteiger partial charge in [-0.1, -0.05) is 24.3 Å². The van der Waals surface area contributed by atoms with Crippen LogP contribution in [-0.2, 0) is 21.1 Å². The van der Waals surface area contributed by atoms with Gasteiger partial charge in [-0.3, -0.25) is 0 Å². The van der Waals surface area contributed by atoms with E-state index in [1.165, 1.54) is 0 Å². The highest BCUT2D eigenvalue weighted by atomic mass is 16.4. The van der Waals surface area contributed by atoms with Gasteiger partial charge in [0.05, 0.1) is 11.0 Å². The summed E-state index contributed by atoms with van der Waals surface area (Å²) in [4.78, 5) is 4.85. The number of rotatable bonds is 2. The molecule has 0 fully saturated rings. The normalized spacial score (nSPS) is 11.5. The maximum Gasteiger partial charge on any atom is 0.448 e. The van der Waals surface area contributed by atoms with Crippen LogP contribution in [0.15, 0.2) is 71.1 Å². The Balaban J connectivity index is 1.74. The number of pyridine rings is 1. The lowest BCUT2D eigenvalue weighted by molar-refractivity contribution is -0.676. The van der Waals surface area contributed by atoms with Gasteiger partial charge in [0.2, 0.25) is 17.1 Å². The van der Waals surface area contributed by atoms with Crippen molar-refractivity contribution in [2.24, 2.45) is 21.1 Å². The molecule has 5 aromatic rings. The summed E-state index contributed by atoms with van der Waals surface area (Å²) in [6.07, 6.45) is 0. The Hall–Kier alpha value is -3.47. The van der Waals surface area contributed by atoms with Crippen molar-refractivity contribution in [2.75, 3.05) is 0 Å². The van der Waals surface area contributed by atoms with Crippen molar-refractivity contribution >= 4 is 22.1 Å². The van der Waals surface area contributed by atoms with Crippen LogP contribution in [0.5, 0.6) is 0 Å². The number of hydrogen-bond donors (Lipinski definition) is 0. The summed E-state index contributed by atoms with van der Waals surface area (Å²) >= 11 is 0.